The maximum absolute atomic E-state index is 12.3. The van der Waals surface area contributed by atoms with Crippen molar-refractivity contribution < 1.29 is 13.2 Å². The standard InChI is InChI=1S/C11H22N2O3S/c1-11(2)10-7-12-6-9(10)8-13(11)17(14,15)5-4-16-3/h9-10,12H,4-8H2,1-3H3. The molecule has 2 atom stereocenters. The highest BCUT2D eigenvalue weighted by molar-refractivity contribution is 7.89. The summed E-state index contributed by atoms with van der Waals surface area (Å²) in [7, 11) is -1.66. The van der Waals surface area contributed by atoms with Crippen molar-refractivity contribution in [3.05, 3.63) is 0 Å². The largest absolute Gasteiger partial charge is 0.384 e. The molecule has 0 radical (unpaired) electrons. The second-order valence-electron chi connectivity index (χ2n) is 5.52. The summed E-state index contributed by atoms with van der Waals surface area (Å²) < 4.78 is 31.1. The Kier molecular flexibility index (Phi) is 3.51. The van der Waals surface area contributed by atoms with Crippen LogP contribution in [0.4, 0.5) is 0 Å². The van der Waals surface area contributed by atoms with Crippen molar-refractivity contribution >= 4 is 10.0 Å². The lowest BCUT2D eigenvalue weighted by Crippen LogP contribution is -2.48. The van der Waals surface area contributed by atoms with Gasteiger partial charge in [0.2, 0.25) is 10.0 Å². The maximum Gasteiger partial charge on any atom is 0.216 e. The van der Waals surface area contributed by atoms with Gasteiger partial charge in [0.15, 0.2) is 0 Å². The second-order valence-corrected chi connectivity index (χ2v) is 7.53. The lowest BCUT2D eigenvalue weighted by Gasteiger charge is -2.34. The Labute approximate surface area is 104 Å². The van der Waals surface area contributed by atoms with E-state index in [0.717, 1.165) is 13.1 Å². The van der Waals surface area contributed by atoms with Crippen LogP contribution in [0.2, 0.25) is 0 Å². The highest BCUT2D eigenvalue weighted by Gasteiger charge is 2.53. The smallest absolute Gasteiger partial charge is 0.216 e. The van der Waals surface area contributed by atoms with E-state index in [-0.39, 0.29) is 17.9 Å². The zero-order valence-corrected chi connectivity index (χ0v) is 11.6. The minimum absolute atomic E-state index is 0.0831. The van der Waals surface area contributed by atoms with E-state index in [0.29, 0.717) is 18.4 Å². The first-order chi connectivity index (χ1) is 7.89. The molecule has 0 spiro atoms. The van der Waals surface area contributed by atoms with Gasteiger partial charge in [0.25, 0.3) is 0 Å². The van der Waals surface area contributed by atoms with Gasteiger partial charge in [0, 0.05) is 25.7 Å². The molecule has 2 unspecified atom stereocenters. The van der Waals surface area contributed by atoms with Crippen LogP contribution in [0.1, 0.15) is 13.8 Å². The Bertz CT molecular complexity index is 380. The topological polar surface area (TPSA) is 58.6 Å². The summed E-state index contributed by atoms with van der Waals surface area (Å²) >= 11 is 0. The third-order valence-electron chi connectivity index (χ3n) is 4.17. The van der Waals surface area contributed by atoms with Gasteiger partial charge in [-0.15, -0.1) is 0 Å². The van der Waals surface area contributed by atoms with Crippen molar-refractivity contribution in [1.29, 1.82) is 0 Å². The van der Waals surface area contributed by atoms with E-state index >= 15 is 0 Å². The first-order valence-corrected chi connectivity index (χ1v) is 7.70. The number of nitrogens with one attached hydrogen (secondary N) is 1. The summed E-state index contributed by atoms with van der Waals surface area (Å²) in [6, 6.07) is 0. The number of methoxy groups -OCH3 is 1. The lowest BCUT2D eigenvalue weighted by molar-refractivity contribution is 0.207. The number of sulfonamides is 1. The summed E-state index contributed by atoms with van der Waals surface area (Å²) in [5.41, 5.74) is -0.277. The third-order valence-corrected chi connectivity index (χ3v) is 6.15. The zero-order valence-electron chi connectivity index (χ0n) is 10.8. The monoisotopic (exact) mass is 262 g/mol. The van der Waals surface area contributed by atoms with Crippen molar-refractivity contribution in [2.45, 2.75) is 19.4 Å². The average Bonchev–Trinajstić information content (AvgIpc) is 2.78. The molecular formula is C11H22N2O3S. The Hall–Kier alpha value is -0.170. The fraction of sp³-hybridized carbons (Fsp3) is 1.00. The number of fused-ring (bicyclic) bond motifs is 1. The van der Waals surface area contributed by atoms with Gasteiger partial charge in [-0.1, -0.05) is 0 Å². The first kappa shape index (κ1) is 13.3. The molecule has 2 heterocycles. The molecule has 6 heteroatoms. The third kappa shape index (κ3) is 2.23. The van der Waals surface area contributed by atoms with Gasteiger partial charge in [0.1, 0.15) is 0 Å². The zero-order chi connectivity index (χ0) is 12.7. The molecule has 2 rings (SSSR count). The van der Waals surface area contributed by atoms with E-state index in [2.05, 4.69) is 5.32 Å². The van der Waals surface area contributed by atoms with Gasteiger partial charge < -0.3 is 10.1 Å². The average molecular weight is 262 g/mol. The van der Waals surface area contributed by atoms with Gasteiger partial charge in [-0.2, -0.15) is 4.31 Å². The molecule has 0 bridgehead atoms. The summed E-state index contributed by atoms with van der Waals surface area (Å²) in [5, 5.41) is 3.35. The first-order valence-electron chi connectivity index (χ1n) is 6.10. The molecule has 0 aromatic heterocycles. The minimum Gasteiger partial charge on any atom is -0.384 e. The number of nitrogens with zero attached hydrogens (tertiary/aromatic N) is 1. The van der Waals surface area contributed by atoms with Crippen LogP contribution in [0, 0.1) is 11.8 Å². The van der Waals surface area contributed by atoms with Gasteiger partial charge in [-0.25, -0.2) is 8.42 Å². The molecule has 0 aliphatic carbocycles. The predicted octanol–water partition coefficient (Wildman–Crippen LogP) is -0.108. The Morgan fingerprint density at radius 1 is 1.41 bits per heavy atom. The quantitative estimate of drug-likeness (QED) is 0.768. The van der Waals surface area contributed by atoms with Crippen LogP contribution in [0.25, 0.3) is 0 Å². The summed E-state index contributed by atoms with van der Waals surface area (Å²) in [5.74, 6) is 0.974. The molecule has 2 aliphatic rings. The molecule has 0 aromatic rings. The molecule has 2 saturated heterocycles. The van der Waals surface area contributed by atoms with E-state index in [9.17, 15) is 8.42 Å². The molecule has 0 saturated carbocycles. The van der Waals surface area contributed by atoms with Crippen molar-refractivity contribution in [3.63, 3.8) is 0 Å². The van der Waals surface area contributed by atoms with Crippen molar-refractivity contribution in [2.75, 3.05) is 39.1 Å². The second kappa shape index (κ2) is 4.50. The molecule has 1 N–H and O–H groups in total. The van der Waals surface area contributed by atoms with Crippen LogP contribution < -0.4 is 5.32 Å². The number of hydrogen-bond donors (Lipinski definition) is 1. The molecular weight excluding hydrogens is 240 g/mol. The number of hydrogen-bond acceptors (Lipinski definition) is 4. The summed E-state index contributed by atoms with van der Waals surface area (Å²) in [6.45, 7) is 6.85. The summed E-state index contributed by atoms with van der Waals surface area (Å²) in [4.78, 5) is 0. The highest BCUT2D eigenvalue weighted by Crippen LogP contribution is 2.42. The van der Waals surface area contributed by atoms with Crippen LogP contribution >= 0.6 is 0 Å². The lowest BCUT2D eigenvalue weighted by atomic mass is 9.85. The SMILES string of the molecule is COCCS(=O)(=O)N1CC2CNCC2C1(C)C. The van der Waals surface area contributed by atoms with E-state index in [1.165, 1.54) is 7.11 Å². The van der Waals surface area contributed by atoms with Gasteiger partial charge >= 0.3 is 0 Å². The molecule has 2 aliphatic heterocycles. The normalized spacial score (nSPS) is 32.9. The van der Waals surface area contributed by atoms with Crippen molar-refractivity contribution in [2.24, 2.45) is 11.8 Å². The van der Waals surface area contributed by atoms with Gasteiger partial charge in [0.05, 0.1) is 12.4 Å². The highest BCUT2D eigenvalue weighted by atomic mass is 32.2. The van der Waals surface area contributed by atoms with Crippen molar-refractivity contribution in [1.82, 2.24) is 9.62 Å². The number of rotatable bonds is 4. The Balaban J connectivity index is 2.17. The summed E-state index contributed by atoms with van der Waals surface area (Å²) in [6.07, 6.45) is 0. The van der Waals surface area contributed by atoms with E-state index in [1.54, 1.807) is 4.31 Å². The molecule has 17 heavy (non-hydrogen) atoms. The Morgan fingerprint density at radius 3 is 2.71 bits per heavy atom. The van der Waals surface area contributed by atoms with Crippen LogP contribution in [0.3, 0.4) is 0 Å². The fourth-order valence-corrected chi connectivity index (χ4v) is 5.02. The molecule has 0 aromatic carbocycles. The molecule has 0 amide bonds. The van der Waals surface area contributed by atoms with Crippen LogP contribution in [0.5, 0.6) is 0 Å². The van der Waals surface area contributed by atoms with Crippen molar-refractivity contribution in [3.8, 4) is 0 Å². The van der Waals surface area contributed by atoms with Crippen LogP contribution in [-0.2, 0) is 14.8 Å². The maximum atomic E-state index is 12.3. The predicted molar refractivity (Wildman–Crippen MR) is 66.3 cm³/mol. The van der Waals surface area contributed by atoms with Crippen LogP contribution in [-0.4, -0.2) is 57.4 Å². The molecule has 2 fully saturated rings. The molecule has 5 nitrogen and oxygen atoms in total. The van der Waals surface area contributed by atoms with E-state index in [4.69, 9.17) is 4.74 Å². The Morgan fingerprint density at radius 2 is 2.12 bits per heavy atom. The molecule has 100 valence electrons. The van der Waals surface area contributed by atoms with Crippen LogP contribution in [0.15, 0.2) is 0 Å². The number of ether oxygens (including phenoxy) is 1. The van der Waals surface area contributed by atoms with E-state index in [1.807, 2.05) is 13.8 Å². The fourth-order valence-electron chi connectivity index (χ4n) is 3.16. The van der Waals surface area contributed by atoms with Gasteiger partial charge in [-0.05, 0) is 32.2 Å². The minimum atomic E-state index is -3.19. The van der Waals surface area contributed by atoms with E-state index < -0.39 is 10.0 Å². The van der Waals surface area contributed by atoms with Gasteiger partial charge in [-0.3, -0.25) is 0 Å².